The highest BCUT2D eigenvalue weighted by molar-refractivity contribution is 7.19. The molecule has 0 aliphatic carbocycles. The Balaban J connectivity index is 2.00. The molecule has 0 saturated carbocycles. The minimum Gasteiger partial charge on any atom is -0.391 e. The quantitative estimate of drug-likeness (QED) is 0.756. The topological polar surface area (TPSA) is 77.8 Å². The van der Waals surface area contributed by atoms with Gasteiger partial charge in [-0.3, -0.25) is 4.98 Å². The Hall–Kier alpha value is -1.73. The molecule has 0 bridgehead atoms. The van der Waals surface area contributed by atoms with Crippen LogP contribution in [-0.4, -0.2) is 15.1 Å². The summed E-state index contributed by atoms with van der Waals surface area (Å²) < 4.78 is 5.16. The van der Waals surface area contributed by atoms with E-state index in [1.807, 2.05) is 12.1 Å². The first kappa shape index (κ1) is 9.49. The van der Waals surface area contributed by atoms with E-state index in [0.717, 1.165) is 14.8 Å². The maximum absolute atomic E-state index is 5.64. The van der Waals surface area contributed by atoms with Crippen molar-refractivity contribution in [2.24, 2.45) is 0 Å². The number of rotatable bonds is 2. The number of nitrogens with two attached hydrogens (primary N) is 1. The minimum atomic E-state index is 0.491. The summed E-state index contributed by atoms with van der Waals surface area (Å²) in [4.78, 5) is 10.0. The van der Waals surface area contributed by atoms with Crippen LogP contribution in [0.15, 0.2) is 28.4 Å². The average molecular weight is 250 g/mol. The molecular formula is C9H6N4OS2. The molecule has 0 unspecified atom stereocenters. The van der Waals surface area contributed by atoms with Crippen molar-refractivity contribution in [3.05, 3.63) is 23.8 Å². The highest BCUT2D eigenvalue weighted by atomic mass is 32.1. The van der Waals surface area contributed by atoms with Crippen LogP contribution in [0.25, 0.3) is 21.5 Å². The molecule has 3 aromatic rings. The van der Waals surface area contributed by atoms with E-state index < -0.39 is 0 Å². The smallest absolute Gasteiger partial charge is 0.268 e. The zero-order chi connectivity index (χ0) is 11.0. The molecule has 3 aromatic heterocycles. The van der Waals surface area contributed by atoms with Crippen molar-refractivity contribution < 1.29 is 4.52 Å². The number of aromatic nitrogens is 3. The molecule has 3 heterocycles. The molecule has 3 rings (SSSR count). The Morgan fingerprint density at radius 3 is 2.88 bits per heavy atom. The van der Waals surface area contributed by atoms with Crippen molar-refractivity contribution in [3.8, 4) is 21.5 Å². The van der Waals surface area contributed by atoms with Gasteiger partial charge >= 0.3 is 0 Å². The second-order valence-corrected chi connectivity index (χ2v) is 4.99. The zero-order valence-corrected chi connectivity index (χ0v) is 9.59. The largest absolute Gasteiger partial charge is 0.391 e. The van der Waals surface area contributed by atoms with Crippen LogP contribution in [0.2, 0.25) is 0 Å². The molecule has 80 valence electrons. The number of anilines is 1. The van der Waals surface area contributed by atoms with Crippen LogP contribution in [0, 0.1) is 0 Å². The van der Waals surface area contributed by atoms with Crippen LogP contribution >= 0.6 is 22.7 Å². The number of hydrogen-bond acceptors (Lipinski definition) is 7. The van der Waals surface area contributed by atoms with E-state index in [1.54, 1.807) is 11.7 Å². The second-order valence-electron chi connectivity index (χ2n) is 2.99. The monoisotopic (exact) mass is 250 g/mol. The van der Waals surface area contributed by atoms with E-state index >= 15 is 0 Å². The molecule has 0 aromatic carbocycles. The van der Waals surface area contributed by atoms with E-state index in [1.165, 1.54) is 22.7 Å². The lowest BCUT2D eigenvalue weighted by Gasteiger charge is -1.83. The van der Waals surface area contributed by atoms with Gasteiger partial charge in [-0.25, -0.2) is 0 Å². The Bertz CT molecular complexity index is 599. The summed E-state index contributed by atoms with van der Waals surface area (Å²) >= 11 is 2.89. The molecule has 0 saturated heterocycles. The van der Waals surface area contributed by atoms with Crippen molar-refractivity contribution in [2.75, 3.05) is 5.73 Å². The standard InChI is InChI=1S/C9H6N4OS2/c10-7-2-1-5(16-7)9-12-8(13-14-9)6-3-11-4-15-6/h1-4H,10H2. The van der Waals surface area contributed by atoms with Gasteiger partial charge in [-0.2, -0.15) is 4.98 Å². The van der Waals surface area contributed by atoms with E-state index in [9.17, 15) is 0 Å². The molecular weight excluding hydrogens is 244 g/mol. The Kier molecular flexibility index (Phi) is 2.19. The summed E-state index contributed by atoms with van der Waals surface area (Å²) in [6, 6.07) is 3.68. The lowest BCUT2D eigenvalue weighted by Crippen LogP contribution is -1.75. The van der Waals surface area contributed by atoms with Crippen LogP contribution in [-0.2, 0) is 0 Å². The van der Waals surface area contributed by atoms with E-state index in [0.29, 0.717) is 11.7 Å². The van der Waals surface area contributed by atoms with E-state index in [-0.39, 0.29) is 0 Å². The molecule has 7 heteroatoms. The number of nitrogen functional groups attached to an aromatic ring is 1. The molecule has 0 fully saturated rings. The van der Waals surface area contributed by atoms with Gasteiger partial charge in [-0.15, -0.1) is 22.7 Å². The summed E-state index contributed by atoms with van der Waals surface area (Å²) in [7, 11) is 0. The molecule has 0 aliphatic heterocycles. The first-order valence-electron chi connectivity index (χ1n) is 4.41. The van der Waals surface area contributed by atoms with Crippen molar-refractivity contribution in [1.29, 1.82) is 0 Å². The minimum absolute atomic E-state index is 0.491. The maximum atomic E-state index is 5.64. The summed E-state index contributed by atoms with van der Waals surface area (Å²) in [5.41, 5.74) is 7.37. The normalized spacial score (nSPS) is 10.8. The lowest BCUT2D eigenvalue weighted by molar-refractivity contribution is 0.433. The van der Waals surface area contributed by atoms with Crippen molar-refractivity contribution in [2.45, 2.75) is 0 Å². The predicted octanol–water partition coefficient (Wildman–Crippen LogP) is 2.50. The summed E-state index contributed by atoms with van der Waals surface area (Å²) in [6.07, 6.45) is 1.71. The fourth-order valence-corrected chi connectivity index (χ4v) is 2.46. The van der Waals surface area contributed by atoms with Gasteiger partial charge in [0.05, 0.1) is 20.3 Å². The predicted molar refractivity (Wildman–Crippen MR) is 63.1 cm³/mol. The van der Waals surface area contributed by atoms with Gasteiger partial charge in [0.1, 0.15) is 0 Å². The third-order valence-electron chi connectivity index (χ3n) is 1.92. The van der Waals surface area contributed by atoms with Gasteiger partial charge in [0, 0.05) is 6.20 Å². The molecule has 16 heavy (non-hydrogen) atoms. The maximum Gasteiger partial charge on any atom is 0.268 e. The van der Waals surface area contributed by atoms with Crippen LogP contribution in [0.1, 0.15) is 0 Å². The molecule has 5 nitrogen and oxygen atoms in total. The first-order valence-corrected chi connectivity index (χ1v) is 6.11. The Morgan fingerprint density at radius 2 is 2.19 bits per heavy atom. The highest BCUT2D eigenvalue weighted by Crippen LogP contribution is 2.30. The Morgan fingerprint density at radius 1 is 1.25 bits per heavy atom. The number of hydrogen-bond donors (Lipinski definition) is 1. The fraction of sp³-hybridized carbons (Fsp3) is 0. The van der Waals surface area contributed by atoms with E-state index in [4.69, 9.17) is 10.3 Å². The molecule has 0 radical (unpaired) electrons. The van der Waals surface area contributed by atoms with E-state index in [2.05, 4.69) is 15.1 Å². The molecule has 0 spiro atoms. The van der Waals surface area contributed by atoms with Crippen molar-refractivity contribution in [1.82, 2.24) is 15.1 Å². The SMILES string of the molecule is Nc1ccc(-c2nc(-c3cncs3)no2)s1. The summed E-state index contributed by atoms with van der Waals surface area (Å²) in [5.74, 6) is 1.05. The van der Waals surface area contributed by atoms with Crippen LogP contribution in [0.4, 0.5) is 5.00 Å². The van der Waals surface area contributed by atoms with Crippen LogP contribution in [0.5, 0.6) is 0 Å². The zero-order valence-electron chi connectivity index (χ0n) is 7.95. The summed E-state index contributed by atoms with van der Waals surface area (Å²) in [5, 5.41) is 4.62. The van der Waals surface area contributed by atoms with Gasteiger partial charge in [-0.1, -0.05) is 5.16 Å². The summed E-state index contributed by atoms with van der Waals surface area (Å²) in [6.45, 7) is 0. The van der Waals surface area contributed by atoms with Crippen LogP contribution in [0.3, 0.4) is 0 Å². The fourth-order valence-electron chi connectivity index (χ4n) is 1.22. The van der Waals surface area contributed by atoms with Gasteiger partial charge in [0.25, 0.3) is 5.89 Å². The molecule has 0 amide bonds. The number of thiophene rings is 1. The van der Waals surface area contributed by atoms with Crippen LogP contribution < -0.4 is 5.73 Å². The third-order valence-corrected chi connectivity index (χ3v) is 3.59. The number of nitrogens with zero attached hydrogens (tertiary/aromatic N) is 3. The first-order chi connectivity index (χ1) is 7.83. The van der Waals surface area contributed by atoms with Gasteiger partial charge in [0.2, 0.25) is 5.82 Å². The van der Waals surface area contributed by atoms with Crippen molar-refractivity contribution in [3.63, 3.8) is 0 Å². The number of thiazole rings is 1. The average Bonchev–Trinajstić information content (AvgIpc) is 2.97. The second kappa shape index (κ2) is 3.69. The van der Waals surface area contributed by atoms with Crippen molar-refractivity contribution >= 4 is 27.7 Å². The molecule has 0 atom stereocenters. The van der Waals surface area contributed by atoms with Gasteiger partial charge in [-0.05, 0) is 12.1 Å². The van der Waals surface area contributed by atoms with Gasteiger partial charge in [0.15, 0.2) is 0 Å². The molecule has 2 N–H and O–H groups in total. The molecule has 0 aliphatic rings. The third kappa shape index (κ3) is 1.59. The van der Waals surface area contributed by atoms with Gasteiger partial charge < -0.3 is 10.3 Å². The highest BCUT2D eigenvalue weighted by Gasteiger charge is 2.12. The lowest BCUT2D eigenvalue weighted by atomic mass is 10.4. The Labute approximate surface area is 98.6 Å².